The average Bonchev–Trinajstić information content (AvgIpc) is 2.96. The monoisotopic (exact) mass is 317 g/mol. The molecule has 0 bridgehead atoms. The number of nitrogens with zero attached hydrogens (tertiary/aromatic N) is 1. The number of carbonyl (C=O) groups excluding carboxylic acids is 1. The number of carbonyl (C=O) groups is 1. The van der Waals surface area contributed by atoms with Gasteiger partial charge in [0.05, 0.1) is 12.7 Å². The summed E-state index contributed by atoms with van der Waals surface area (Å²) in [5.74, 6) is -0.459. The van der Waals surface area contributed by atoms with Gasteiger partial charge in [0, 0.05) is 12.3 Å². The minimum atomic E-state index is -4.57. The molecule has 0 radical (unpaired) electrons. The number of aromatic nitrogens is 1. The molecule has 0 amide bonds. The van der Waals surface area contributed by atoms with Crippen molar-refractivity contribution in [3.63, 3.8) is 0 Å². The van der Waals surface area contributed by atoms with Crippen LogP contribution in [0.1, 0.15) is 43.7 Å². The first-order valence-corrected chi connectivity index (χ1v) is 7.20. The SMILES string of the molecule is COC(=O)[C@H](CC1CCCC1)n1cc(C(F)(F)F)ccc1=O. The topological polar surface area (TPSA) is 48.3 Å². The maximum Gasteiger partial charge on any atom is 0.417 e. The maximum atomic E-state index is 12.8. The van der Waals surface area contributed by atoms with Gasteiger partial charge in [-0.3, -0.25) is 4.79 Å². The van der Waals surface area contributed by atoms with Crippen LogP contribution < -0.4 is 5.56 Å². The predicted molar refractivity (Wildman–Crippen MR) is 73.3 cm³/mol. The van der Waals surface area contributed by atoms with Gasteiger partial charge in [-0.25, -0.2) is 4.79 Å². The van der Waals surface area contributed by atoms with Crippen LogP contribution in [-0.4, -0.2) is 17.6 Å². The highest BCUT2D eigenvalue weighted by atomic mass is 19.4. The van der Waals surface area contributed by atoms with E-state index in [1.807, 2.05) is 0 Å². The van der Waals surface area contributed by atoms with Gasteiger partial charge in [0.2, 0.25) is 0 Å². The normalized spacial score (nSPS) is 17.5. The van der Waals surface area contributed by atoms with Crippen LogP contribution in [0.25, 0.3) is 0 Å². The molecule has 122 valence electrons. The molecule has 0 N–H and O–H groups in total. The third-order valence-corrected chi connectivity index (χ3v) is 4.11. The van der Waals surface area contributed by atoms with Crippen molar-refractivity contribution in [3.05, 3.63) is 34.2 Å². The minimum absolute atomic E-state index is 0.227. The number of alkyl halides is 3. The third-order valence-electron chi connectivity index (χ3n) is 4.11. The van der Waals surface area contributed by atoms with Gasteiger partial charge >= 0.3 is 12.1 Å². The number of hydrogen-bond donors (Lipinski definition) is 0. The molecule has 2 rings (SSSR count). The smallest absolute Gasteiger partial charge is 0.417 e. The molecule has 1 saturated carbocycles. The van der Waals surface area contributed by atoms with Gasteiger partial charge in [-0.15, -0.1) is 0 Å². The Labute approximate surface area is 125 Å². The first-order chi connectivity index (χ1) is 10.3. The summed E-state index contributed by atoms with van der Waals surface area (Å²) in [4.78, 5) is 23.9. The number of pyridine rings is 1. The van der Waals surface area contributed by atoms with Crippen LogP contribution in [0.2, 0.25) is 0 Å². The second-order valence-electron chi connectivity index (χ2n) is 5.59. The van der Waals surface area contributed by atoms with Crippen molar-refractivity contribution in [2.45, 2.75) is 44.3 Å². The highest BCUT2D eigenvalue weighted by Gasteiger charge is 2.33. The molecule has 0 spiro atoms. The number of ether oxygens (including phenoxy) is 1. The van der Waals surface area contributed by atoms with E-state index in [2.05, 4.69) is 4.74 Å². The van der Waals surface area contributed by atoms with Gasteiger partial charge in [-0.1, -0.05) is 25.7 Å². The minimum Gasteiger partial charge on any atom is -0.467 e. The van der Waals surface area contributed by atoms with Crippen molar-refractivity contribution >= 4 is 5.97 Å². The lowest BCUT2D eigenvalue weighted by atomic mass is 9.98. The maximum absolute atomic E-state index is 12.8. The Hall–Kier alpha value is -1.79. The fraction of sp³-hybridized carbons (Fsp3) is 0.600. The van der Waals surface area contributed by atoms with Crippen LogP contribution in [0, 0.1) is 5.92 Å². The summed E-state index contributed by atoms with van der Waals surface area (Å²) >= 11 is 0. The molecular weight excluding hydrogens is 299 g/mol. The molecule has 0 aliphatic heterocycles. The zero-order valence-electron chi connectivity index (χ0n) is 12.2. The quantitative estimate of drug-likeness (QED) is 0.802. The highest BCUT2D eigenvalue weighted by molar-refractivity contribution is 5.74. The van der Waals surface area contributed by atoms with Gasteiger partial charge in [-0.05, 0) is 18.4 Å². The predicted octanol–water partition coefficient (Wildman–Crippen LogP) is 3.16. The summed E-state index contributed by atoms with van der Waals surface area (Å²) in [7, 11) is 1.17. The standard InChI is InChI=1S/C15H18F3NO3/c1-22-14(21)12(8-10-4-2-3-5-10)19-9-11(15(16,17)18)6-7-13(19)20/h6-7,9-10,12H,2-5,8H2,1H3/t12-/m0/s1. The molecule has 1 aromatic rings. The van der Waals surface area contributed by atoms with Crippen LogP contribution in [0.15, 0.2) is 23.1 Å². The number of rotatable bonds is 4. The Morgan fingerprint density at radius 1 is 1.36 bits per heavy atom. The van der Waals surface area contributed by atoms with Gasteiger partial charge in [0.15, 0.2) is 0 Å². The second kappa shape index (κ2) is 6.54. The number of methoxy groups -OCH3 is 1. The molecule has 0 saturated heterocycles. The van der Waals surface area contributed by atoms with Crippen molar-refractivity contribution < 1.29 is 22.7 Å². The summed E-state index contributed by atoms with van der Waals surface area (Å²) in [5.41, 5.74) is -1.59. The zero-order chi connectivity index (χ0) is 16.3. The molecule has 4 nitrogen and oxygen atoms in total. The van der Waals surface area contributed by atoms with Crippen LogP contribution in [-0.2, 0) is 15.7 Å². The number of halogens is 3. The van der Waals surface area contributed by atoms with E-state index >= 15 is 0 Å². The van der Waals surface area contributed by atoms with Crippen molar-refractivity contribution in [1.29, 1.82) is 0 Å². The molecular formula is C15H18F3NO3. The molecule has 1 fully saturated rings. The summed E-state index contributed by atoms with van der Waals surface area (Å²) in [6.07, 6.45) is 0.380. The Balaban J connectivity index is 2.37. The van der Waals surface area contributed by atoms with Crippen molar-refractivity contribution in [2.75, 3.05) is 7.11 Å². The molecule has 22 heavy (non-hydrogen) atoms. The Morgan fingerprint density at radius 3 is 2.55 bits per heavy atom. The number of hydrogen-bond acceptors (Lipinski definition) is 3. The van der Waals surface area contributed by atoms with Crippen molar-refractivity contribution in [1.82, 2.24) is 4.57 Å². The van der Waals surface area contributed by atoms with E-state index in [4.69, 9.17) is 0 Å². The highest BCUT2D eigenvalue weighted by Crippen LogP contribution is 2.33. The van der Waals surface area contributed by atoms with Crippen LogP contribution >= 0.6 is 0 Å². The van der Waals surface area contributed by atoms with E-state index in [0.717, 1.165) is 42.4 Å². The molecule has 1 aliphatic carbocycles. The molecule has 1 heterocycles. The largest absolute Gasteiger partial charge is 0.467 e. The van der Waals surface area contributed by atoms with Gasteiger partial charge in [0.25, 0.3) is 5.56 Å². The summed E-state index contributed by atoms with van der Waals surface area (Å²) in [6, 6.07) is 0.554. The first kappa shape index (κ1) is 16.6. The molecule has 1 aromatic heterocycles. The van der Waals surface area contributed by atoms with Gasteiger partial charge in [0.1, 0.15) is 6.04 Å². The van der Waals surface area contributed by atoms with Crippen LogP contribution in [0.5, 0.6) is 0 Å². The van der Waals surface area contributed by atoms with E-state index in [0.29, 0.717) is 12.6 Å². The van der Waals surface area contributed by atoms with Gasteiger partial charge < -0.3 is 9.30 Å². The number of esters is 1. The van der Waals surface area contributed by atoms with Crippen LogP contribution in [0.4, 0.5) is 13.2 Å². The summed E-state index contributed by atoms with van der Waals surface area (Å²) in [6.45, 7) is 0. The first-order valence-electron chi connectivity index (χ1n) is 7.20. The summed E-state index contributed by atoms with van der Waals surface area (Å²) in [5, 5.41) is 0. The molecule has 0 unspecified atom stereocenters. The van der Waals surface area contributed by atoms with E-state index in [9.17, 15) is 22.8 Å². The van der Waals surface area contributed by atoms with E-state index < -0.39 is 29.3 Å². The average molecular weight is 317 g/mol. The lowest BCUT2D eigenvalue weighted by molar-refractivity contribution is -0.146. The zero-order valence-corrected chi connectivity index (χ0v) is 12.2. The van der Waals surface area contributed by atoms with Gasteiger partial charge in [-0.2, -0.15) is 13.2 Å². The Kier molecular flexibility index (Phi) is 4.93. The molecule has 0 aromatic carbocycles. The Bertz CT molecular complexity index is 588. The summed E-state index contributed by atoms with van der Waals surface area (Å²) < 4.78 is 44.0. The third kappa shape index (κ3) is 3.69. The van der Waals surface area contributed by atoms with E-state index in [-0.39, 0.29) is 5.92 Å². The fourth-order valence-corrected chi connectivity index (χ4v) is 2.94. The molecule has 1 atom stereocenters. The lowest BCUT2D eigenvalue weighted by Gasteiger charge is -2.21. The second-order valence-corrected chi connectivity index (χ2v) is 5.59. The lowest BCUT2D eigenvalue weighted by Crippen LogP contribution is -2.32. The van der Waals surface area contributed by atoms with Crippen molar-refractivity contribution in [2.24, 2.45) is 5.92 Å². The van der Waals surface area contributed by atoms with E-state index in [1.54, 1.807) is 0 Å². The Morgan fingerprint density at radius 2 is 2.00 bits per heavy atom. The molecule has 7 heteroatoms. The molecule has 1 aliphatic rings. The van der Waals surface area contributed by atoms with Crippen LogP contribution in [0.3, 0.4) is 0 Å². The van der Waals surface area contributed by atoms with Crippen molar-refractivity contribution in [3.8, 4) is 0 Å². The van der Waals surface area contributed by atoms with E-state index in [1.165, 1.54) is 7.11 Å². The fourth-order valence-electron chi connectivity index (χ4n) is 2.94.